The highest BCUT2D eigenvalue weighted by Gasteiger charge is 2.29. The third-order valence-electron chi connectivity index (χ3n) is 2.50. The Morgan fingerprint density at radius 1 is 1.54 bits per heavy atom. The number of thioether (sulfide) groups is 1. The van der Waals surface area contributed by atoms with E-state index in [1.54, 1.807) is 7.11 Å². The van der Waals surface area contributed by atoms with Crippen molar-refractivity contribution in [2.75, 3.05) is 32.3 Å². The summed E-state index contributed by atoms with van der Waals surface area (Å²) >= 11 is 2.05. The van der Waals surface area contributed by atoms with Gasteiger partial charge in [0.15, 0.2) is 0 Å². The summed E-state index contributed by atoms with van der Waals surface area (Å²) in [6.45, 7) is 0.903. The van der Waals surface area contributed by atoms with Gasteiger partial charge < -0.3 is 10.1 Å². The van der Waals surface area contributed by atoms with Gasteiger partial charge in [0.1, 0.15) is 0 Å². The molecule has 3 heteroatoms. The zero-order valence-electron chi connectivity index (χ0n) is 8.71. The minimum absolute atomic E-state index is 0.757. The number of rotatable bonds is 8. The van der Waals surface area contributed by atoms with Gasteiger partial charge in [0.05, 0.1) is 0 Å². The Balaban J connectivity index is 1.90. The molecule has 0 spiro atoms. The molecule has 1 N–H and O–H groups in total. The van der Waals surface area contributed by atoms with Gasteiger partial charge in [-0.05, 0) is 38.0 Å². The Bertz CT molecular complexity index is 128. The molecule has 0 aliphatic heterocycles. The van der Waals surface area contributed by atoms with Crippen molar-refractivity contribution < 1.29 is 4.74 Å². The summed E-state index contributed by atoms with van der Waals surface area (Å²) in [7, 11) is 3.85. The minimum atomic E-state index is 0.757. The van der Waals surface area contributed by atoms with Gasteiger partial charge in [-0.15, -0.1) is 0 Å². The SMILES string of the molecule is CNC(CSCCCOC)C1CC1. The van der Waals surface area contributed by atoms with Crippen LogP contribution in [0.1, 0.15) is 19.3 Å². The third kappa shape index (κ3) is 4.89. The summed E-state index contributed by atoms with van der Waals surface area (Å²) in [5, 5.41) is 3.40. The quantitative estimate of drug-likeness (QED) is 0.607. The van der Waals surface area contributed by atoms with Crippen molar-refractivity contribution in [1.82, 2.24) is 5.32 Å². The van der Waals surface area contributed by atoms with Crippen LogP contribution < -0.4 is 5.32 Å². The van der Waals surface area contributed by atoms with Crippen LogP contribution >= 0.6 is 11.8 Å². The van der Waals surface area contributed by atoms with Gasteiger partial charge in [0.25, 0.3) is 0 Å². The maximum Gasteiger partial charge on any atom is 0.0470 e. The van der Waals surface area contributed by atoms with Crippen LogP contribution in [0.2, 0.25) is 0 Å². The molecule has 2 nitrogen and oxygen atoms in total. The predicted octanol–water partition coefficient (Wildman–Crippen LogP) is 1.75. The lowest BCUT2D eigenvalue weighted by atomic mass is 10.2. The Morgan fingerprint density at radius 2 is 2.31 bits per heavy atom. The van der Waals surface area contributed by atoms with E-state index in [2.05, 4.69) is 24.1 Å². The van der Waals surface area contributed by atoms with Gasteiger partial charge in [-0.25, -0.2) is 0 Å². The van der Waals surface area contributed by atoms with E-state index in [4.69, 9.17) is 4.74 Å². The van der Waals surface area contributed by atoms with E-state index in [0.717, 1.165) is 18.6 Å². The molecule has 1 aliphatic rings. The van der Waals surface area contributed by atoms with Crippen LogP contribution in [0.4, 0.5) is 0 Å². The van der Waals surface area contributed by atoms with Crippen molar-refractivity contribution in [3.05, 3.63) is 0 Å². The molecule has 1 rings (SSSR count). The highest BCUT2D eigenvalue weighted by molar-refractivity contribution is 7.99. The van der Waals surface area contributed by atoms with Gasteiger partial charge in [-0.2, -0.15) is 11.8 Å². The Morgan fingerprint density at radius 3 is 2.85 bits per heavy atom. The molecule has 0 aromatic rings. The molecule has 0 heterocycles. The molecule has 0 aromatic heterocycles. The monoisotopic (exact) mass is 203 g/mol. The second-order valence-corrected chi connectivity index (χ2v) is 4.80. The van der Waals surface area contributed by atoms with Crippen molar-refractivity contribution in [3.63, 3.8) is 0 Å². The molecule has 78 valence electrons. The van der Waals surface area contributed by atoms with Gasteiger partial charge in [0.2, 0.25) is 0 Å². The molecule has 1 saturated carbocycles. The fourth-order valence-corrected chi connectivity index (χ4v) is 2.65. The molecule has 1 unspecified atom stereocenters. The summed E-state index contributed by atoms with van der Waals surface area (Å²) in [6, 6.07) is 0.757. The van der Waals surface area contributed by atoms with Gasteiger partial charge >= 0.3 is 0 Å². The number of methoxy groups -OCH3 is 1. The van der Waals surface area contributed by atoms with Crippen molar-refractivity contribution in [2.24, 2.45) is 5.92 Å². The molecular formula is C10H21NOS. The van der Waals surface area contributed by atoms with E-state index in [0.29, 0.717) is 0 Å². The predicted molar refractivity (Wildman–Crippen MR) is 59.4 cm³/mol. The number of ether oxygens (including phenoxy) is 1. The van der Waals surface area contributed by atoms with Crippen LogP contribution in [-0.4, -0.2) is 38.3 Å². The summed E-state index contributed by atoms with van der Waals surface area (Å²) < 4.78 is 5.01. The van der Waals surface area contributed by atoms with Gasteiger partial charge in [0, 0.05) is 25.5 Å². The zero-order valence-corrected chi connectivity index (χ0v) is 9.53. The van der Waals surface area contributed by atoms with Crippen molar-refractivity contribution in [1.29, 1.82) is 0 Å². The normalized spacial score (nSPS) is 18.9. The molecule has 13 heavy (non-hydrogen) atoms. The highest BCUT2D eigenvalue weighted by Crippen LogP contribution is 2.33. The summed E-state index contributed by atoms with van der Waals surface area (Å²) in [4.78, 5) is 0. The third-order valence-corrected chi connectivity index (χ3v) is 3.67. The summed E-state index contributed by atoms with van der Waals surface area (Å²) in [5.74, 6) is 3.48. The molecule has 0 saturated heterocycles. The molecule has 0 aromatic carbocycles. The lowest BCUT2D eigenvalue weighted by Crippen LogP contribution is -2.29. The molecule has 0 amide bonds. The molecule has 1 atom stereocenters. The van der Waals surface area contributed by atoms with Crippen molar-refractivity contribution in [2.45, 2.75) is 25.3 Å². The fourth-order valence-electron chi connectivity index (χ4n) is 1.47. The minimum Gasteiger partial charge on any atom is -0.385 e. The van der Waals surface area contributed by atoms with E-state index >= 15 is 0 Å². The standard InChI is InChI=1S/C10H21NOS/c1-11-10(9-4-5-9)8-13-7-3-6-12-2/h9-11H,3-8H2,1-2H3. The number of hydrogen-bond acceptors (Lipinski definition) is 3. The first-order chi connectivity index (χ1) is 6.38. The van der Waals surface area contributed by atoms with Crippen LogP contribution in [0, 0.1) is 5.92 Å². The zero-order chi connectivity index (χ0) is 9.52. The smallest absolute Gasteiger partial charge is 0.0470 e. The van der Waals surface area contributed by atoms with Crippen LogP contribution in [0.15, 0.2) is 0 Å². The van der Waals surface area contributed by atoms with E-state index in [-0.39, 0.29) is 0 Å². The Labute approximate surface area is 85.8 Å². The summed E-state index contributed by atoms with van der Waals surface area (Å²) in [6.07, 6.45) is 4.05. The van der Waals surface area contributed by atoms with Gasteiger partial charge in [-0.3, -0.25) is 0 Å². The van der Waals surface area contributed by atoms with E-state index < -0.39 is 0 Å². The van der Waals surface area contributed by atoms with Crippen molar-refractivity contribution >= 4 is 11.8 Å². The van der Waals surface area contributed by atoms with Crippen LogP contribution in [0.3, 0.4) is 0 Å². The molecular weight excluding hydrogens is 182 g/mol. The fraction of sp³-hybridized carbons (Fsp3) is 1.00. The van der Waals surface area contributed by atoms with Crippen molar-refractivity contribution in [3.8, 4) is 0 Å². The Hall–Kier alpha value is 0.270. The topological polar surface area (TPSA) is 21.3 Å². The first kappa shape index (κ1) is 11.3. The molecule has 0 radical (unpaired) electrons. The highest BCUT2D eigenvalue weighted by atomic mass is 32.2. The first-order valence-corrected chi connectivity index (χ1v) is 6.28. The van der Waals surface area contributed by atoms with Crippen LogP contribution in [0.5, 0.6) is 0 Å². The lowest BCUT2D eigenvalue weighted by molar-refractivity contribution is 0.200. The van der Waals surface area contributed by atoms with E-state index in [9.17, 15) is 0 Å². The largest absolute Gasteiger partial charge is 0.385 e. The average molecular weight is 203 g/mol. The second kappa shape index (κ2) is 6.68. The molecule has 1 fully saturated rings. The summed E-state index contributed by atoms with van der Waals surface area (Å²) in [5.41, 5.74) is 0. The van der Waals surface area contributed by atoms with Gasteiger partial charge in [-0.1, -0.05) is 0 Å². The maximum atomic E-state index is 5.01. The number of hydrogen-bond donors (Lipinski definition) is 1. The molecule has 0 bridgehead atoms. The lowest BCUT2D eigenvalue weighted by Gasteiger charge is -2.14. The maximum absolute atomic E-state index is 5.01. The Kier molecular flexibility index (Phi) is 5.83. The number of nitrogens with one attached hydrogen (secondary N) is 1. The van der Waals surface area contributed by atoms with Crippen LogP contribution in [-0.2, 0) is 4.74 Å². The van der Waals surface area contributed by atoms with E-state index in [1.165, 1.54) is 30.8 Å². The van der Waals surface area contributed by atoms with Crippen LogP contribution in [0.25, 0.3) is 0 Å². The molecule has 1 aliphatic carbocycles. The first-order valence-electron chi connectivity index (χ1n) is 5.12. The average Bonchev–Trinajstić information content (AvgIpc) is 2.95. The van der Waals surface area contributed by atoms with E-state index in [1.807, 2.05) is 0 Å². The second-order valence-electron chi connectivity index (χ2n) is 3.65.